The van der Waals surface area contributed by atoms with Gasteiger partial charge in [0.2, 0.25) is 0 Å². The monoisotopic (exact) mass is 1060 g/mol. The van der Waals surface area contributed by atoms with Crippen molar-refractivity contribution >= 4 is 23.9 Å². The van der Waals surface area contributed by atoms with Crippen LogP contribution in [0.25, 0.3) is 0 Å². The van der Waals surface area contributed by atoms with Crippen LogP contribution >= 0.6 is 0 Å². The zero-order valence-corrected chi connectivity index (χ0v) is 37.9. The van der Waals surface area contributed by atoms with Crippen LogP contribution in [0.2, 0.25) is 0 Å². The molecular weight excluding hydrogens is 1010 g/mol. The minimum atomic E-state index is -1.26. The van der Waals surface area contributed by atoms with Crippen LogP contribution in [0.15, 0.2) is 97.1 Å². The van der Waals surface area contributed by atoms with Crippen molar-refractivity contribution in [3.63, 3.8) is 0 Å². The van der Waals surface area contributed by atoms with E-state index in [9.17, 15) is 49.8 Å². The number of carboxylic acid groups (broad SMARTS) is 4. The van der Waals surface area contributed by atoms with Gasteiger partial charge in [-0.2, -0.15) is 0 Å². The molecule has 4 aromatic rings. The number of ether oxygens (including phenoxy) is 2. The normalized spacial score (nSPS) is 9.29. The van der Waals surface area contributed by atoms with Crippen LogP contribution in [-0.4, -0.2) is 157 Å². The molecule has 0 saturated heterocycles. The van der Waals surface area contributed by atoms with Crippen LogP contribution in [0.1, 0.15) is 41.4 Å². The molecule has 0 amide bonds. The maximum absolute atomic E-state index is 10.6. The zero-order valence-electron chi connectivity index (χ0n) is 35.1. The summed E-state index contributed by atoms with van der Waals surface area (Å²) in [6.07, 6.45) is 0. The fraction of sp³-hybridized carbons (Fsp3) is 0.333. The third-order valence-electron chi connectivity index (χ3n) is 7.31. The van der Waals surface area contributed by atoms with E-state index in [0.29, 0.717) is 62.3 Å². The van der Waals surface area contributed by atoms with Gasteiger partial charge in [0.05, 0.1) is 50.3 Å². The van der Waals surface area contributed by atoms with Gasteiger partial charge in [-0.05, 0) is 132 Å². The predicted molar refractivity (Wildman–Crippen MR) is 210 cm³/mol. The number of carbonyl (C=O) groups excluding carboxylic acids is 4. The summed E-state index contributed by atoms with van der Waals surface area (Å²) >= 11 is 0. The Morgan fingerprint density at radius 1 is 0.385 bits per heavy atom. The Kier molecular flexibility index (Phi) is 47.8. The third-order valence-corrected chi connectivity index (χ3v) is 7.31. The maximum Gasteiger partial charge on any atom is 2.00 e. The summed E-state index contributed by atoms with van der Waals surface area (Å²) in [5.41, 5.74) is 0.221. The van der Waals surface area contributed by atoms with Gasteiger partial charge in [-0.15, -0.1) is 13.2 Å². The van der Waals surface area contributed by atoms with E-state index in [1.165, 1.54) is 97.1 Å². The minimum Gasteiger partial charge on any atom is -0.854 e. The second kappa shape index (κ2) is 44.7. The van der Waals surface area contributed by atoms with E-state index in [-0.39, 0.29) is 113 Å². The predicted octanol–water partition coefficient (Wildman–Crippen LogP) is -5.11. The van der Waals surface area contributed by atoms with E-state index >= 15 is 0 Å². The van der Waals surface area contributed by atoms with E-state index in [1.54, 1.807) is 9.80 Å². The standard InChI is InChI=1S/2C14H10O5.2C6H14NO3.2CH4O.3Cu/c2*15-13(16)9-1-5-11(6-2-9)19-12-7-3-10(4-8-12)14(17)18;2*8-4-1-7(2-5-9)3-6-10;2*1-2;;;/h2*1-8H,(H,15,16)(H,17,18);2*8-9H,1-6H2;2*2H,1H3;;;/q;;2*-1;;;3*+2/p-4. The van der Waals surface area contributed by atoms with Gasteiger partial charge in [-0.25, -0.2) is 0 Å². The maximum atomic E-state index is 10.6. The average Bonchev–Trinajstić information content (AvgIpc) is 3.27. The molecule has 4 aromatic carbocycles. The summed E-state index contributed by atoms with van der Waals surface area (Å²) in [6, 6.07) is 22.8. The molecule has 0 aliphatic heterocycles. The molecule has 6 N–H and O–H groups in total. The van der Waals surface area contributed by atoms with Crippen molar-refractivity contribution in [1.29, 1.82) is 0 Å². The van der Waals surface area contributed by atoms with Crippen LogP contribution in [-0.2, 0) is 51.2 Å². The quantitative estimate of drug-likeness (QED) is 0.0451. The second-order valence-electron chi connectivity index (χ2n) is 11.4. The van der Waals surface area contributed by atoms with Crippen molar-refractivity contribution in [3.05, 3.63) is 119 Å². The number of benzene rings is 4. The van der Waals surface area contributed by atoms with Gasteiger partial charge in [-0.1, -0.05) is 0 Å². The van der Waals surface area contributed by atoms with Crippen LogP contribution in [0.5, 0.6) is 23.0 Å². The fourth-order valence-electron chi connectivity index (χ4n) is 4.40. The average molecular weight is 1060 g/mol. The number of aromatic carboxylic acids is 4. The van der Waals surface area contributed by atoms with Crippen molar-refractivity contribution in [1.82, 2.24) is 9.80 Å². The SMILES string of the molecule is CO.CO.O=C([O-])c1ccc(Oc2ccc(C(=O)[O-])cc2)cc1.O=C([O-])c1ccc(Oc2ccc(C(=O)[O-])cc2)cc1.[Cu+2].[Cu+2].[Cu+2].[O-]CCN(CCO)CCO.[O-]CCN(CCO)CCO. The van der Waals surface area contributed by atoms with Gasteiger partial charge in [0.25, 0.3) is 0 Å². The Morgan fingerprint density at radius 2 is 0.554 bits per heavy atom. The molecule has 371 valence electrons. The third kappa shape index (κ3) is 32.8. The minimum absolute atomic E-state index is 0. The summed E-state index contributed by atoms with van der Waals surface area (Å²) < 4.78 is 10.8. The van der Waals surface area contributed by atoms with E-state index in [4.69, 9.17) is 40.1 Å². The smallest absolute Gasteiger partial charge is 0.854 e. The molecule has 23 heteroatoms. The Bertz CT molecular complexity index is 1510. The molecule has 0 aliphatic carbocycles. The molecule has 0 bridgehead atoms. The van der Waals surface area contributed by atoms with Gasteiger partial charge in [0.1, 0.15) is 23.0 Å². The van der Waals surface area contributed by atoms with Crippen molar-refractivity contribution in [3.8, 4) is 23.0 Å². The van der Waals surface area contributed by atoms with Crippen LogP contribution < -0.4 is 40.1 Å². The summed E-state index contributed by atoms with van der Waals surface area (Å²) in [5, 5.41) is 110. The molecule has 0 atom stereocenters. The van der Waals surface area contributed by atoms with E-state index in [0.717, 1.165) is 14.2 Å². The van der Waals surface area contributed by atoms with Gasteiger partial charge < -0.3 is 99.7 Å². The van der Waals surface area contributed by atoms with E-state index < -0.39 is 23.9 Å². The van der Waals surface area contributed by atoms with Gasteiger partial charge in [-0.3, -0.25) is 0 Å². The Hall–Kier alpha value is -4.48. The van der Waals surface area contributed by atoms with Gasteiger partial charge in [0.15, 0.2) is 0 Å². The molecule has 65 heavy (non-hydrogen) atoms. The first kappa shape index (κ1) is 69.6. The van der Waals surface area contributed by atoms with Crippen molar-refractivity contribution in [2.75, 3.05) is 93.1 Å². The first-order valence-corrected chi connectivity index (χ1v) is 18.4. The number of aliphatic hydroxyl groups is 6. The summed E-state index contributed by atoms with van der Waals surface area (Å²) in [7, 11) is 2.00. The molecule has 0 unspecified atom stereocenters. The molecule has 4 rings (SSSR count). The molecular formula is C42H52Cu3N2O18. The van der Waals surface area contributed by atoms with E-state index in [1.807, 2.05) is 0 Å². The first-order valence-electron chi connectivity index (χ1n) is 18.4. The molecule has 0 aliphatic rings. The van der Waals surface area contributed by atoms with Gasteiger partial charge >= 0.3 is 51.2 Å². The Labute approximate surface area is 408 Å². The summed E-state index contributed by atoms with van der Waals surface area (Å²) in [5.74, 6) is -3.29. The number of nitrogens with zero attached hydrogens (tertiary/aromatic N) is 2. The van der Waals surface area contributed by atoms with Crippen LogP contribution in [0, 0.1) is 0 Å². The van der Waals surface area contributed by atoms with Crippen LogP contribution in [0.3, 0.4) is 0 Å². The largest absolute Gasteiger partial charge is 2.00 e. The number of rotatable bonds is 20. The zero-order chi connectivity index (χ0) is 47.3. The molecule has 0 aromatic heterocycles. The van der Waals surface area contributed by atoms with Gasteiger partial charge in [0, 0.05) is 40.4 Å². The Morgan fingerprint density at radius 3 is 0.677 bits per heavy atom. The number of carboxylic acids is 4. The van der Waals surface area contributed by atoms with Crippen molar-refractivity contribution < 1.29 is 141 Å². The van der Waals surface area contributed by atoms with E-state index in [2.05, 4.69) is 0 Å². The first-order chi connectivity index (χ1) is 29.8. The molecule has 0 fully saturated rings. The summed E-state index contributed by atoms with van der Waals surface area (Å²) in [6.45, 7) is 2.51. The Balaban J connectivity index is -0.000000246. The number of carbonyl (C=O) groups is 4. The molecule has 3 radical (unpaired) electrons. The topological polar surface area (TPSA) is 353 Å². The number of hydrogen-bond acceptors (Lipinski definition) is 20. The van der Waals surface area contributed by atoms with Crippen molar-refractivity contribution in [2.45, 2.75) is 0 Å². The molecule has 20 nitrogen and oxygen atoms in total. The second-order valence-corrected chi connectivity index (χ2v) is 11.4. The van der Waals surface area contributed by atoms with Crippen molar-refractivity contribution in [2.24, 2.45) is 0 Å². The number of hydrogen-bond donors (Lipinski definition) is 6. The fourth-order valence-corrected chi connectivity index (χ4v) is 4.40. The van der Waals surface area contributed by atoms with Crippen LogP contribution in [0.4, 0.5) is 0 Å². The molecule has 0 heterocycles. The molecule has 0 spiro atoms. The summed E-state index contributed by atoms with van der Waals surface area (Å²) in [4.78, 5) is 45.7. The number of aliphatic hydroxyl groups excluding tert-OH is 6. The molecule has 0 saturated carbocycles.